The highest BCUT2D eigenvalue weighted by Crippen LogP contribution is 2.31. The summed E-state index contributed by atoms with van der Waals surface area (Å²) in [6.45, 7) is 2.30. The summed E-state index contributed by atoms with van der Waals surface area (Å²) in [7, 11) is 0. The number of ether oxygens (including phenoxy) is 1. The second-order valence-electron chi connectivity index (χ2n) is 5.52. The largest absolute Gasteiger partial charge is 0.378 e. The standard InChI is InChI=1S/C17H16IN3O4/c18-13-3-1-12(2-4-13)17(22)19-14-5-6-15(16(11-14)21(23)24)20-7-9-25-10-8-20/h1-6,11H,7-10H2,(H,19,22). The van der Waals surface area contributed by atoms with E-state index in [0.717, 1.165) is 3.57 Å². The van der Waals surface area contributed by atoms with E-state index in [1.807, 2.05) is 17.0 Å². The lowest BCUT2D eigenvalue weighted by Gasteiger charge is -2.28. The van der Waals surface area contributed by atoms with Crippen LogP contribution in [0.3, 0.4) is 0 Å². The van der Waals surface area contributed by atoms with E-state index < -0.39 is 4.92 Å². The minimum atomic E-state index is -0.425. The van der Waals surface area contributed by atoms with Gasteiger partial charge < -0.3 is 15.0 Å². The van der Waals surface area contributed by atoms with Gasteiger partial charge in [0.05, 0.1) is 18.1 Å². The number of nitrogens with zero attached hydrogens (tertiary/aromatic N) is 2. The number of rotatable bonds is 4. The van der Waals surface area contributed by atoms with Crippen LogP contribution in [-0.2, 0) is 4.74 Å². The van der Waals surface area contributed by atoms with Gasteiger partial charge in [-0.15, -0.1) is 0 Å². The van der Waals surface area contributed by atoms with Gasteiger partial charge in [-0.1, -0.05) is 0 Å². The molecule has 2 aromatic rings. The molecule has 2 aromatic carbocycles. The van der Waals surface area contributed by atoms with E-state index in [0.29, 0.717) is 43.2 Å². The van der Waals surface area contributed by atoms with Crippen molar-refractivity contribution in [1.82, 2.24) is 0 Å². The Morgan fingerprint density at radius 3 is 2.48 bits per heavy atom. The molecule has 0 radical (unpaired) electrons. The van der Waals surface area contributed by atoms with E-state index in [1.54, 1.807) is 24.3 Å². The number of halogens is 1. The zero-order chi connectivity index (χ0) is 17.8. The third-order valence-electron chi connectivity index (χ3n) is 3.89. The smallest absolute Gasteiger partial charge is 0.294 e. The number of carbonyl (C=O) groups is 1. The van der Waals surface area contributed by atoms with Gasteiger partial charge in [-0.25, -0.2) is 0 Å². The normalized spacial score (nSPS) is 14.2. The fourth-order valence-electron chi connectivity index (χ4n) is 2.62. The van der Waals surface area contributed by atoms with Gasteiger partial charge in [-0.2, -0.15) is 0 Å². The van der Waals surface area contributed by atoms with E-state index >= 15 is 0 Å². The Bertz CT molecular complexity index is 789. The van der Waals surface area contributed by atoms with Gasteiger partial charge in [-0.05, 0) is 59.0 Å². The van der Waals surface area contributed by atoms with Crippen LogP contribution in [0.5, 0.6) is 0 Å². The molecule has 1 fully saturated rings. The second kappa shape index (κ2) is 7.79. The van der Waals surface area contributed by atoms with E-state index in [-0.39, 0.29) is 11.6 Å². The van der Waals surface area contributed by atoms with Crippen LogP contribution in [0.2, 0.25) is 0 Å². The highest BCUT2D eigenvalue weighted by Gasteiger charge is 2.22. The van der Waals surface area contributed by atoms with Crippen molar-refractivity contribution in [3.63, 3.8) is 0 Å². The number of anilines is 2. The summed E-state index contributed by atoms with van der Waals surface area (Å²) in [5.41, 5.74) is 1.41. The van der Waals surface area contributed by atoms with Crippen LogP contribution in [0.4, 0.5) is 17.1 Å². The lowest BCUT2D eigenvalue weighted by molar-refractivity contribution is -0.384. The molecule has 25 heavy (non-hydrogen) atoms. The Morgan fingerprint density at radius 1 is 1.16 bits per heavy atom. The SMILES string of the molecule is O=C(Nc1ccc(N2CCOCC2)c([N+](=O)[O-])c1)c1ccc(I)cc1. The van der Waals surface area contributed by atoms with Crippen LogP contribution in [0, 0.1) is 13.7 Å². The third kappa shape index (κ3) is 4.26. The molecule has 0 aliphatic carbocycles. The monoisotopic (exact) mass is 453 g/mol. The number of hydrogen-bond donors (Lipinski definition) is 1. The van der Waals surface area contributed by atoms with Gasteiger partial charge in [-0.3, -0.25) is 14.9 Å². The molecule has 0 atom stereocenters. The first-order valence-corrected chi connectivity index (χ1v) is 8.80. The molecule has 0 bridgehead atoms. The Hall–Kier alpha value is -2.20. The molecular weight excluding hydrogens is 437 g/mol. The van der Waals surface area contributed by atoms with Crippen molar-refractivity contribution < 1.29 is 14.5 Å². The molecule has 8 heteroatoms. The molecule has 1 aliphatic rings. The van der Waals surface area contributed by atoms with Crippen LogP contribution in [0.1, 0.15) is 10.4 Å². The number of hydrogen-bond acceptors (Lipinski definition) is 5. The summed E-state index contributed by atoms with van der Waals surface area (Å²) in [6.07, 6.45) is 0. The van der Waals surface area contributed by atoms with Crippen LogP contribution in [0.25, 0.3) is 0 Å². The van der Waals surface area contributed by atoms with Crippen molar-refractivity contribution in [2.75, 3.05) is 36.5 Å². The highest BCUT2D eigenvalue weighted by atomic mass is 127. The Labute approximate surface area is 158 Å². The number of amides is 1. The van der Waals surface area contributed by atoms with Crippen molar-refractivity contribution in [2.24, 2.45) is 0 Å². The lowest BCUT2D eigenvalue weighted by Crippen LogP contribution is -2.36. The molecule has 1 saturated heterocycles. The molecule has 1 N–H and O–H groups in total. The summed E-state index contributed by atoms with van der Waals surface area (Å²) >= 11 is 2.16. The van der Waals surface area contributed by atoms with Gasteiger partial charge in [0.2, 0.25) is 0 Å². The second-order valence-corrected chi connectivity index (χ2v) is 6.77. The zero-order valence-electron chi connectivity index (χ0n) is 13.3. The van der Waals surface area contributed by atoms with Crippen molar-refractivity contribution in [1.29, 1.82) is 0 Å². The minimum absolute atomic E-state index is 0.0256. The van der Waals surface area contributed by atoms with Crippen LogP contribution in [0.15, 0.2) is 42.5 Å². The molecule has 1 amide bonds. The quantitative estimate of drug-likeness (QED) is 0.437. The average Bonchev–Trinajstić information content (AvgIpc) is 2.63. The van der Waals surface area contributed by atoms with Gasteiger partial charge in [0.25, 0.3) is 11.6 Å². The zero-order valence-corrected chi connectivity index (χ0v) is 15.4. The van der Waals surface area contributed by atoms with Crippen molar-refractivity contribution >= 4 is 45.6 Å². The molecule has 7 nitrogen and oxygen atoms in total. The van der Waals surface area contributed by atoms with Gasteiger partial charge in [0.15, 0.2) is 0 Å². The van der Waals surface area contributed by atoms with Crippen molar-refractivity contribution in [3.8, 4) is 0 Å². The van der Waals surface area contributed by atoms with E-state index in [1.165, 1.54) is 6.07 Å². The Balaban J connectivity index is 1.82. The lowest BCUT2D eigenvalue weighted by atomic mass is 10.2. The Kier molecular flexibility index (Phi) is 5.49. The highest BCUT2D eigenvalue weighted by molar-refractivity contribution is 14.1. The number of nitro groups is 1. The number of morpholine rings is 1. The Morgan fingerprint density at radius 2 is 1.84 bits per heavy atom. The number of benzene rings is 2. The summed E-state index contributed by atoms with van der Waals surface area (Å²) in [5.74, 6) is -0.301. The van der Waals surface area contributed by atoms with Crippen molar-refractivity contribution in [2.45, 2.75) is 0 Å². The predicted molar refractivity (Wildman–Crippen MR) is 103 cm³/mol. The molecule has 0 aromatic heterocycles. The molecule has 130 valence electrons. The van der Waals surface area contributed by atoms with Crippen LogP contribution >= 0.6 is 22.6 Å². The molecule has 0 saturated carbocycles. The maximum absolute atomic E-state index is 12.3. The summed E-state index contributed by atoms with van der Waals surface area (Å²) < 4.78 is 6.31. The van der Waals surface area contributed by atoms with Crippen LogP contribution < -0.4 is 10.2 Å². The predicted octanol–water partition coefficient (Wildman–Crippen LogP) is 3.29. The topological polar surface area (TPSA) is 84.7 Å². The van der Waals surface area contributed by atoms with E-state index in [2.05, 4.69) is 27.9 Å². The molecule has 1 heterocycles. The van der Waals surface area contributed by atoms with E-state index in [4.69, 9.17) is 4.74 Å². The average molecular weight is 453 g/mol. The third-order valence-corrected chi connectivity index (χ3v) is 4.61. The molecule has 0 spiro atoms. The fourth-order valence-corrected chi connectivity index (χ4v) is 2.98. The van der Waals surface area contributed by atoms with Crippen molar-refractivity contribution in [3.05, 3.63) is 61.7 Å². The maximum atomic E-state index is 12.3. The van der Waals surface area contributed by atoms with Gasteiger partial charge in [0, 0.05) is 34.0 Å². The minimum Gasteiger partial charge on any atom is -0.378 e. The number of carbonyl (C=O) groups excluding carboxylic acids is 1. The van der Waals surface area contributed by atoms with E-state index in [9.17, 15) is 14.9 Å². The summed E-state index contributed by atoms with van der Waals surface area (Å²) in [4.78, 5) is 25.2. The maximum Gasteiger partial charge on any atom is 0.294 e. The molecular formula is C17H16IN3O4. The fraction of sp³-hybridized carbons (Fsp3) is 0.235. The van der Waals surface area contributed by atoms with Gasteiger partial charge >= 0.3 is 0 Å². The first-order chi connectivity index (χ1) is 12.0. The molecule has 1 aliphatic heterocycles. The van der Waals surface area contributed by atoms with Crippen LogP contribution in [-0.4, -0.2) is 37.1 Å². The summed E-state index contributed by atoms with van der Waals surface area (Å²) in [5, 5.41) is 14.2. The first kappa shape index (κ1) is 17.6. The molecule has 3 rings (SSSR count). The number of nitro benzene ring substituents is 1. The number of nitrogens with one attached hydrogen (secondary N) is 1. The first-order valence-electron chi connectivity index (χ1n) is 7.72. The molecule has 0 unspecified atom stereocenters. The van der Waals surface area contributed by atoms with Gasteiger partial charge in [0.1, 0.15) is 5.69 Å². The summed E-state index contributed by atoms with van der Waals surface area (Å²) in [6, 6.07) is 11.9.